The standard InChI is InChI=1S/C19H22N2O3/c20-19(24)17(12-15-9-5-2-6-10-15)21-18(23)13-16(22)11-14-7-3-1-4-8-14/h1-10,16-17,22H,11-13H2,(H2,20,24)(H,21,23)/t16-,17-/m0/s1. The van der Waals surface area contributed by atoms with E-state index in [0.29, 0.717) is 12.8 Å². The maximum atomic E-state index is 12.1. The first-order chi connectivity index (χ1) is 11.5. The monoisotopic (exact) mass is 326 g/mol. The Balaban J connectivity index is 1.87. The van der Waals surface area contributed by atoms with Crippen LogP contribution in [-0.2, 0) is 22.4 Å². The number of nitrogens with two attached hydrogens (primary N) is 1. The lowest BCUT2D eigenvalue weighted by atomic mass is 10.0. The zero-order valence-electron chi connectivity index (χ0n) is 13.4. The molecule has 0 spiro atoms. The summed E-state index contributed by atoms with van der Waals surface area (Å²) in [6.45, 7) is 0. The van der Waals surface area contributed by atoms with Crippen LogP contribution in [0.4, 0.5) is 0 Å². The largest absolute Gasteiger partial charge is 0.392 e. The van der Waals surface area contributed by atoms with E-state index >= 15 is 0 Å². The molecule has 2 amide bonds. The lowest BCUT2D eigenvalue weighted by Gasteiger charge is -2.17. The summed E-state index contributed by atoms with van der Waals surface area (Å²) < 4.78 is 0. The maximum absolute atomic E-state index is 12.1. The zero-order valence-corrected chi connectivity index (χ0v) is 13.4. The summed E-state index contributed by atoms with van der Waals surface area (Å²) in [6.07, 6.45) is -0.170. The highest BCUT2D eigenvalue weighted by Gasteiger charge is 2.20. The number of hydrogen-bond donors (Lipinski definition) is 3. The fourth-order valence-corrected chi connectivity index (χ4v) is 2.50. The van der Waals surface area contributed by atoms with Crippen LogP contribution in [0, 0.1) is 0 Å². The average molecular weight is 326 g/mol. The third-order valence-corrected chi connectivity index (χ3v) is 3.70. The molecule has 0 saturated heterocycles. The summed E-state index contributed by atoms with van der Waals surface area (Å²) in [5.74, 6) is -0.983. The molecule has 2 aromatic carbocycles. The molecule has 24 heavy (non-hydrogen) atoms. The van der Waals surface area contributed by atoms with Crippen molar-refractivity contribution in [2.75, 3.05) is 0 Å². The molecule has 5 nitrogen and oxygen atoms in total. The molecule has 5 heteroatoms. The minimum atomic E-state index is -0.808. The Morgan fingerprint density at radius 3 is 1.92 bits per heavy atom. The Labute approximate surface area is 141 Å². The topological polar surface area (TPSA) is 92.4 Å². The van der Waals surface area contributed by atoms with Gasteiger partial charge < -0.3 is 16.2 Å². The molecule has 126 valence electrons. The van der Waals surface area contributed by atoms with Crippen LogP contribution in [0.15, 0.2) is 60.7 Å². The second-order valence-electron chi connectivity index (χ2n) is 5.76. The highest BCUT2D eigenvalue weighted by molar-refractivity contribution is 5.87. The normalized spacial score (nSPS) is 13.0. The van der Waals surface area contributed by atoms with Crippen LogP contribution in [0.2, 0.25) is 0 Å². The summed E-state index contributed by atoms with van der Waals surface area (Å²) in [6, 6.07) is 18.0. The molecule has 2 atom stereocenters. The third-order valence-electron chi connectivity index (χ3n) is 3.70. The van der Waals surface area contributed by atoms with Crippen molar-refractivity contribution in [3.8, 4) is 0 Å². The predicted octanol–water partition coefficient (Wildman–Crippen LogP) is 1.19. The van der Waals surface area contributed by atoms with Crippen molar-refractivity contribution >= 4 is 11.8 Å². The van der Waals surface area contributed by atoms with Crippen LogP contribution in [0.25, 0.3) is 0 Å². The minimum Gasteiger partial charge on any atom is -0.392 e. The summed E-state index contributed by atoms with van der Waals surface area (Å²) in [5.41, 5.74) is 7.23. The van der Waals surface area contributed by atoms with Gasteiger partial charge in [-0.1, -0.05) is 60.7 Å². The second-order valence-corrected chi connectivity index (χ2v) is 5.76. The van der Waals surface area contributed by atoms with Gasteiger partial charge in [0.2, 0.25) is 11.8 Å². The van der Waals surface area contributed by atoms with Crippen LogP contribution in [0.5, 0.6) is 0 Å². The fourth-order valence-electron chi connectivity index (χ4n) is 2.50. The molecule has 0 bridgehead atoms. The van der Waals surface area contributed by atoms with Crippen LogP contribution in [0.3, 0.4) is 0 Å². The highest BCUT2D eigenvalue weighted by Crippen LogP contribution is 2.07. The number of primary amides is 1. The number of hydrogen-bond acceptors (Lipinski definition) is 3. The number of carbonyl (C=O) groups is 2. The molecule has 2 aromatic rings. The Morgan fingerprint density at radius 1 is 0.917 bits per heavy atom. The number of amides is 2. The Morgan fingerprint density at radius 2 is 1.42 bits per heavy atom. The lowest BCUT2D eigenvalue weighted by Crippen LogP contribution is -2.46. The average Bonchev–Trinajstić information content (AvgIpc) is 2.55. The number of nitrogens with one attached hydrogen (secondary N) is 1. The third kappa shape index (κ3) is 5.85. The maximum Gasteiger partial charge on any atom is 0.240 e. The van der Waals surface area contributed by atoms with E-state index in [-0.39, 0.29) is 6.42 Å². The first-order valence-electron chi connectivity index (χ1n) is 7.89. The molecule has 0 aliphatic rings. The number of aliphatic hydroxyl groups is 1. The number of rotatable bonds is 8. The van der Waals surface area contributed by atoms with Gasteiger partial charge in [-0.2, -0.15) is 0 Å². The first kappa shape index (κ1) is 17.7. The van der Waals surface area contributed by atoms with E-state index in [1.165, 1.54) is 0 Å². The molecule has 0 aliphatic carbocycles. The minimum absolute atomic E-state index is 0.0759. The molecular formula is C19H22N2O3. The van der Waals surface area contributed by atoms with Gasteiger partial charge in [-0.15, -0.1) is 0 Å². The van der Waals surface area contributed by atoms with Crippen molar-refractivity contribution in [1.82, 2.24) is 5.32 Å². The van der Waals surface area contributed by atoms with Crippen LogP contribution in [0.1, 0.15) is 17.5 Å². The molecule has 0 aliphatic heterocycles. The number of carbonyl (C=O) groups excluding carboxylic acids is 2. The molecule has 0 aromatic heterocycles. The lowest BCUT2D eigenvalue weighted by molar-refractivity contribution is -0.128. The predicted molar refractivity (Wildman–Crippen MR) is 92.0 cm³/mol. The Kier molecular flexibility index (Phi) is 6.51. The van der Waals surface area contributed by atoms with Crippen molar-refractivity contribution in [2.24, 2.45) is 5.73 Å². The molecule has 0 saturated carbocycles. The van der Waals surface area contributed by atoms with Gasteiger partial charge in [0.25, 0.3) is 0 Å². The molecule has 2 rings (SSSR count). The van der Waals surface area contributed by atoms with Gasteiger partial charge in [-0.05, 0) is 17.5 Å². The van der Waals surface area contributed by atoms with Gasteiger partial charge in [-0.3, -0.25) is 9.59 Å². The van der Waals surface area contributed by atoms with Crippen molar-refractivity contribution in [3.63, 3.8) is 0 Å². The molecule has 4 N–H and O–H groups in total. The molecule has 0 unspecified atom stereocenters. The summed E-state index contributed by atoms with van der Waals surface area (Å²) >= 11 is 0. The van der Waals surface area contributed by atoms with Crippen LogP contribution >= 0.6 is 0 Å². The quantitative estimate of drug-likeness (QED) is 0.680. The molecular weight excluding hydrogens is 304 g/mol. The van der Waals surface area contributed by atoms with E-state index < -0.39 is 24.0 Å². The smallest absolute Gasteiger partial charge is 0.240 e. The van der Waals surface area contributed by atoms with Gasteiger partial charge in [0, 0.05) is 6.42 Å². The highest BCUT2D eigenvalue weighted by atomic mass is 16.3. The number of aliphatic hydroxyl groups excluding tert-OH is 1. The van der Waals surface area contributed by atoms with Gasteiger partial charge in [0.1, 0.15) is 6.04 Å². The van der Waals surface area contributed by atoms with Crippen molar-refractivity contribution in [3.05, 3.63) is 71.8 Å². The van der Waals surface area contributed by atoms with Gasteiger partial charge >= 0.3 is 0 Å². The van der Waals surface area contributed by atoms with E-state index in [4.69, 9.17) is 5.73 Å². The van der Waals surface area contributed by atoms with E-state index in [9.17, 15) is 14.7 Å². The molecule has 0 fully saturated rings. The molecule has 0 heterocycles. The Bertz CT molecular complexity index is 659. The van der Waals surface area contributed by atoms with Gasteiger partial charge in [-0.25, -0.2) is 0 Å². The summed E-state index contributed by atoms with van der Waals surface area (Å²) in [5, 5.41) is 12.6. The van der Waals surface area contributed by atoms with E-state index in [2.05, 4.69) is 5.32 Å². The van der Waals surface area contributed by atoms with Crippen molar-refractivity contribution in [1.29, 1.82) is 0 Å². The zero-order chi connectivity index (χ0) is 17.4. The van der Waals surface area contributed by atoms with Gasteiger partial charge in [0.15, 0.2) is 0 Å². The van der Waals surface area contributed by atoms with Crippen LogP contribution < -0.4 is 11.1 Å². The van der Waals surface area contributed by atoms with E-state index in [0.717, 1.165) is 11.1 Å². The Hall–Kier alpha value is -2.66. The second kappa shape index (κ2) is 8.84. The van der Waals surface area contributed by atoms with Crippen LogP contribution in [-0.4, -0.2) is 29.1 Å². The van der Waals surface area contributed by atoms with Crippen molar-refractivity contribution < 1.29 is 14.7 Å². The number of benzene rings is 2. The van der Waals surface area contributed by atoms with E-state index in [1.54, 1.807) is 0 Å². The molecule has 0 radical (unpaired) electrons. The van der Waals surface area contributed by atoms with E-state index in [1.807, 2.05) is 60.7 Å². The van der Waals surface area contributed by atoms with Gasteiger partial charge in [0.05, 0.1) is 12.5 Å². The summed E-state index contributed by atoms with van der Waals surface area (Å²) in [4.78, 5) is 23.6. The SMILES string of the molecule is NC(=O)[C@H](Cc1ccccc1)NC(=O)C[C@@H](O)Cc1ccccc1. The first-order valence-corrected chi connectivity index (χ1v) is 7.89. The summed E-state index contributed by atoms with van der Waals surface area (Å²) in [7, 11) is 0. The fraction of sp³-hybridized carbons (Fsp3) is 0.263. The van der Waals surface area contributed by atoms with Crippen molar-refractivity contribution in [2.45, 2.75) is 31.4 Å².